The van der Waals surface area contributed by atoms with Crippen molar-refractivity contribution >= 4 is 5.96 Å². The van der Waals surface area contributed by atoms with Gasteiger partial charge in [0.1, 0.15) is 0 Å². The van der Waals surface area contributed by atoms with Crippen LogP contribution in [0.25, 0.3) is 0 Å². The molecule has 1 aromatic heterocycles. The fourth-order valence-corrected chi connectivity index (χ4v) is 3.02. The third kappa shape index (κ3) is 7.03. The van der Waals surface area contributed by atoms with Crippen LogP contribution < -0.4 is 10.6 Å². The van der Waals surface area contributed by atoms with Gasteiger partial charge in [0.15, 0.2) is 5.96 Å². The van der Waals surface area contributed by atoms with E-state index in [1.54, 1.807) is 0 Å². The smallest absolute Gasteiger partial charge is 0.190 e. The van der Waals surface area contributed by atoms with Crippen LogP contribution in [0.4, 0.5) is 0 Å². The van der Waals surface area contributed by atoms with Gasteiger partial charge in [-0.2, -0.15) is 5.10 Å². The molecule has 1 fully saturated rings. The van der Waals surface area contributed by atoms with Gasteiger partial charge in [-0.25, -0.2) is 0 Å². The molecule has 0 saturated carbocycles. The number of hydrogen-bond donors (Lipinski definition) is 2. The second kappa shape index (κ2) is 10.3. The molecule has 1 saturated heterocycles. The molecule has 0 bridgehead atoms. The molecule has 1 unspecified atom stereocenters. The average Bonchev–Trinajstić information content (AvgIpc) is 3.08. The zero-order valence-electron chi connectivity index (χ0n) is 14.7. The third-order valence-corrected chi connectivity index (χ3v) is 4.28. The molecule has 0 radical (unpaired) electrons. The molecule has 0 spiro atoms. The highest BCUT2D eigenvalue weighted by Gasteiger charge is 2.13. The Kier molecular flexibility index (Phi) is 7.93. The van der Waals surface area contributed by atoms with E-state index in [9.17, 15) is 0 Å². The lowest BCUT2D eigenvalue weighted by Crippen LogP contribution is -2.42. The first kappa shape index (κ1) is 17.8. The highest BCUT2D eigenvalue weighted by molar-refractivity contribution is 5.79. The molecule has 1 aliphatic heterocycles. The second-order valence-electron chi connectivity index (χ2n) is 6.47. The lowest BCUT2D eigenvalue weighted by atomic mass is 10.1. The van der Waals surface area contributed by atoms with Crippen LogP contribution in [0.15, 0.2) is 23.5 Å². The van der Waals surface area contributed by atoms with Gasteiger partial charge in [-0.3, -0.25) is 9.67 Å². The van der Waals surface area contributed by atoms with Gasteiger partial charge in [-0.1, -0.05) is 13.3 Å². The van der Waals surface area contributed by atoms with Gasteiger partial charge >= 0.3 is 0 Å². The number of rotatable bonds is 8. The quantitative estimate of drug-likeness (QED) is 0.434. The van der Waals surface area contributed by atoms with E-state index in [-0.39, 0.29) is 0 Å². The van der Waals surface area contributed by atoms with Crippen LogP contribution in [0.1, 0.15) is 32.6 Å². The molecule has 2 rings (SSSR count). The maximum atomic E-state index is 4.30. The Bertz CT molecular complexity index is 436. The van der Waals surface area contributed by atoms with Crippen molar-refractivity contribution in [1.82, 2.24) is 25.3 Å². The summed E-state index contributed by atoms with van der Waals surface area (Å²) in [6.45, 7) is 8.84. The second-order valence-corrected chi connectivity index (χ2v) is 6.47. The lowest BCUT2D eigenvalue weighted by molar-refractivity contribution is 0.201. The number of aromatic nitrogens is 2. The molecule has 6 heteroatoms. The van der Waals surface area contributed by atoms with E-state index in [2.05, 4.69) is 32.5 Å². The van der Waals surface area contributed by atoms with Crippen LogP contribution in [0.2, 0.25) is 0 Å². The number of hydrogen-bond acceptors (Lipinski definition) is 3. The minimum atomic E-state index is 0.635. The van der Waals surface area contributed by atoms with Gasteiger partial charge in [0.2, 0.25) is 0 Å². The lowest BCUT2D eigenvalue weighted by Gasteiger charge is -2.29. The van der Waals surface area contributed by atoms with Crippen LogP contribution in [-0.4, -0.2) is 60.4 Å². The predicted octanol–water partition coefficient (Wildman–Crippen LogP) is 1.56. The van der Waals surface area contributed by atoms with E-state index in [0.29, 0.717) is 5.92 Å². The summed E-state index contributed by atoms with van der Waals surface area (Å²) in [6.07, 6.45) is 8.97. The molecular formula is C17H32N6. The molecule has 1 aliphatic rings. The Hall–Kier alpha value is -1.56. The summed E-state index contributed by atoms with van der Waals surface area (Å²) in [6, 6.07) is 1.96. The van der Waals surface area contributed by atoms with Crippen molar-refractivity contribution in [1.29, 1.82) is 0 Å². The van der Waals surface area contributed by atoms with Crippen molar-refractivity contribution in [3.05, 3.63) is 18.5 Å². The fraction of sp³-hybridized carbons (Fsp3) is 0.765. The maximum Gasteiger partial charge on any atom is 0.190 e. The zero-order valence-corrected chi connectivity index (χ0v) is 14.7. The topological polar surface area (TPSA) is 57.5 Å². The zero-order chi connectivity index (χ0) is 16.3. The number of aryl methyl sites for hydroxylation is 1. The van der Waals surface area contributed by atoms with Gasteiger partial charge < -0.3 is 15.5 Å². The van der Waals surface area contributed by atoms with Crippen molar-refractivity contribution in [3.63, 3.8) is 0 Å². The van der Waals surface area contributed by atoms with E-state index in [0.717, 1.165) is 32.0 Å². The SMILES string of the molecule is CN=C(NCCCn1cccn1)NCC(C)CN1CCCCC1. The van der Waals surface area contributed by atoms with E-state index < -0.39 is 0 Å². The van der Waals surface area contributed by atoms with Crippen molar-refractivity contribution in [3.8, 4) is 0 Å². The average molecular weight is 320 g/mol. The molecule has 0 aromatic carbocycles. The Morgan fingerprint density at radius 2 is 2.09 bits per heavy atom. The third-order valence-electron chi connectivity index (χ3n) is 4.28. The Labute approximate surface area is 140 Å². The van der Waals surface area contributed by atoms with Crippen LogP contribution in [0.3, 0.4) is 0 Å². The number of piperidine rings is 1. The number of nitrogens with one attached hydrogen (secondary N) is 2. The molecule has 0 amide bonds. The van der Waals surface area contributed by atoms with Crippen LogP contribution in [-0.2, 0) is 6.54 Å². The molecule has 1 aromatic rings. The van der Waals surface area contributed by atoms with Crippen LogP contribution in [0.5, 0.6) is 0 Å². The summed E-state index contributed by atoms with van der Waals surface area (Å²) in [5, 5.41) is 11.0. The van der Waals surface area contributed by atoms with Crippen molar-refractivity contribution in [2.75, 3.05) is 39.8 Å². The maximum absolute atomic E-state index is 4.30. The summed E-state index contributed by atoms with van der Waals surface area (Å²) in [5.41, 5.74) is 0. The molecule has 6 nitrogen and oxygen atoms in total. The van der Waals surface area contributed by atoms with E-state index in [1.165, 1.54) is 38.9 Å². The monoisotopic (exact) mass is 320 g/mol. The van der Waals surface area contributed by atoms with Crippen LogP contribution in [0, 0.1) is 5.92 Å². The van der Waals surface area contributed by atoms with E-state index in [1.807, 2.05) is 30.2 Å². The van der Waals surface area contributed by atoms with E-state index >= 15 is 0 Å². The van der Waals surface area contributed by atoms with Crippen LogP contribution >= 0.6 is 0 Å². The first-order valence-electron chi connectivity index (χ1n) is 8.92. The van der Waals surface area contributed by atoms with Gasteiger partial charge in [0.05, 0.1) is 0 Å². The molecule has 2 N–H and O–H groups in total. The summed E-state index contributed by atoms with van der Waals surface area (Å²) in [7, 11) is 1.83. The van der Waals surface area contributed by atoms with Crippen molar-refractivity contribution < 1.29 is 0 Å². The Morgan fingerprint density at radius 1 is 1.26 bits per heavy atom. The normalized spacial score (nSPS) is 17.9. The highest BCUT2D eigenvalue weighted by Crippen LogP contribution is 2.10. The van der Waals surface area contributed by atoms with Gasteiger partial charge in [-0.05, 0) is 44.3 Å². The summed E-state index contributed by atoms with van der Waals surface area (Å²) in [4.78, 5) is 6.89. The first-order valence-corrected chi connectivity index (χ1v) is 8.92. The molecule has 23 heavy (non-hydrogen) atoms. The summed E-state index contributed by atoms with van der Waals surface area (Å²) >= 11 is 0. The fourth-order valence-electron chi connectivity index (χ4n) is 3.02. The number of aliphatic imine (C=N–C) groups is 1. The number of likely N-dealkylation sites (tertiary alicyclic amines) is 1. The van der Waals surface area contributed by atoms with Gasteiger partial charge in [-0.15, -0.1) is 0 Å². The standard InChI is InChI=1S/C17H32N6/c1-16(15-22-10-4-3-5-11-22)14-20-17(18-2)19-8-6-12-23-13-7-9-21-23/h7,9,13,16H,3-6,8,10-12,14-15H2,1-2H3,(H2,18,19,20). The molecular weight excluding hydrogens is 288 g/mol. The Balaban J connectivity index is 1.56. The molecule has 0 aliphatic carbocycles. The number of guanidine groups is 1. The molecule has 130 valence electrons. The summed E-state index contributed by atoms with van der Waals surface area (Å²) in [5.74, 6) is 1.53. The van der Waals surface area contributed by atoms with E-state index in [4.69, 9.17) is 0 Å². The Morgan fingerprint density at radius 3 is 2.78 bits per heavy atom. The minimum Gasteiger partial charge on any atom is -0.356 e. The summed E-state index contributed by atoms with van der Waals surface area (Å²) < 4.78 is 1.96. The minimum absolute atomic E-state index is 0.635. The van der Waals surface area contributed by atoms with Crippen molar-refractivity contribution in [2.24, 2.45) is 10.9 Å². The number of nitrogens with zero attached hydrogens (tertiary/aromatic N) is 4. The highest BCUT2D eigenvalue weighted by atomic mass is 15.3. The largest absolute Gasteiger partial charge is 0.356 e. The van der Waals surface area contributed by atoms with Crippen molar-refractivity contribution in [2.45, 2.75) is 39.2 Å². The van der Waals surface area contributed by atoms with Gasteiger partial charge in [0.25, 0.3) is 0 Å². The molecule has 2 heterocycles. The first-order chi connectivity index (χ1) is 11.3. The van der Waals surface area contributed by atoms with Gasteiger partial charge in [0, 0.05) is 45.6 Å². The molecule has 1 atom stereocenters. The predicted molar refractivity (Wildman–Crippen MR) is 95.7 cm³/mol.